The van der Waals surface area contributed by atoms with Crippen molar-refractivity contribution in [3.8, 4) is 17.3 Å². The molecule has 1 N–H and O–H groups in total. The Hall–Kier alpha value is -4.25. The van der Waals surface area contributed by atoms with Crippen LogP contribution in [-0.4, -0.2) is 44.1 Å². The van der Waals surface area contributed by atoms with Crippen LogP contribution in [0.3, 0.4) is 0 Å². The number of hydrogen-bond acceptors (Lipinski definition) is 9. The summed E-state index contributed by atoms with van der Waals surface area (Å²) >= 11 is 1.01. The molecule has 11 heteroatoms. The van der Waals surface area contributed by atoms with E-state index in [1.54, 1.807) is 61.1 Å². The Morgan fingerprint density at radius 3 is 2.74 bits per heavy atom. The average Bonchev–Trinajstić information content (AvgIpc) is 3.63. The molecule has 1 aliphatic rings. The van der Waals surface area contributed by atoms with Crippen LogP contribution >= 0.6 is 11.8 Å². The van der Waals surface area contributed by atoms with Crippen molar-refractivity contribution in [3.05, 3.63) is 89.0 Å². The van der Waals surface area contributed by atoms with Gasteiger partial charge >= 0.3 is 0 Å². The summed E-state index contributed by atoms with van der Waals surface area (Å²) in [5, 5.41) is 16.0. The van der Waals surface area contributed by atoms with Crippen LogP contribution in [0.15, 0.2) is 91.0 Å². The number of carbonyl (C=O) groups excluding carboxylic acids is 1. The van der Waals surface area contributed by atoms with Crippen molar-refractivity contribution in [2.24, 2.45) is 5.10 Å². The highest BCUT2D eigenvalue weighted by Gasteiger charge is 2.35. The Morgan fingerprint density at radius 2 is 2.00 bits per heavy atom. The molecular weight excluding hydrogens is 472 g/mol. The Kier molecular flexibility index (Phi) is 6.15. The zero-order chi connectivity index (χ0) is 24.4. The molecule has 0 spiro atoms. The maximum absolute atomic E-state index is 13.3. The van der Waals surface area contributed by atoms with Crippen molar-refractivity contribution in [2.45, 2.75) is 17.6 Å². The Balaban J connectivity index is 1.43. The van der Waals surface area contributed by atoms with Crippen LogP contribution in [0.25, 0.3) is 5.69 Å². The molecule has 1 aromatic carbocycles. The Bertz CT molecular complexity index is 1430. The van der Waals surface area contributed by atoms with Gasteiger partial charge in [0.15, 0.2) is 5.16 Å². The monoisotopic (exact) mass is 492 g/mol. The van der Waals surface area contributed by atoms with E-state index in [4.69, 9.17) is 13.6 Å². The summed E-state index contributed by atoms with van der Waals surface area (Å²) in [6.07, 6.45) is 3.52. The fourth-order valence-corrected chi connectivity index (χ4v) is 4.63. The fourth-order valence-electron chi connectivity index (χ4n) is 3.76. The predicted molar refractivity (Wildman–Crippen MR) is 127 cm³/mol. The molecule has 4 heterocycles. The third-order valence-corrected chi connectivity index (χ3v) is 6.28. The SMILES string of the molecule is COc1cccc(-n2c(SCC(=O)N3N=C(c4ccco4)C[C@H]3c3ccco3)nc(O)cc2=O)c1. The molecule has 10 nitrogen and oxygen atoms in total. The number of carbonyl (C=O) groups is 1. The van der Waals surface area contributed by atoms with E-state index in [1.807, 2.05) is 0 Å². The summed E-state index contributed by atoms with van der Waals surface area (Å²) in [6.45, 7) is 0. The third-order valence-electron chi connectivity index (χ3n) is 5.35. The van der Waals surface area contributed by atoms with Gasteiger partial charge in [0.05, 0.1) is 37.1 Å². The van der Waals surface area contributed by atoms with Crippen LogP contribution in [0.2, 0.25) is 0 Å². The first-order chi connectivity index (χ1) is 17.0. The molecule has 0 saturated carbocycles. The second-order valence-electron chi connectivity index (χ2n) is 7.56. The van der Waals surface area contributed by atoms with Crippen LogP contribution < -0.4 is 10.3 Å². The Labute approximate surface area is 203 Å². The zero-order valence-electron chi connectivity index (χ0n) is 18.5. The molecule has 0 fully saturated rings. The lowest BCUT2D eigenvalue weighted by molar-refractivity contribution is -0.130. The number of ether oxygens (including phenoxy) is 1. The van der Waals surface area contributed by atoms with Gasteiger partial charge in [-0.25, -0.2) is 5.01 Å². The van der Waals surface area contributed by atoms with Crippen molar-refractivity contribution in [1.29, 1.82) is 0 Å². The van der Waals surface area contributed by atoms with Crippen LogP contribution in [0.1, 0.15) is 24.0 Å². The van der Waals surface area contributed by atoms with Crippen molar-refractivity contribution in [2.75, 3.05) is 12.9 Å². The number of hydrogen-bond donors (Lipinski definition) is 1. The van der Waals surface area contributed by atoms with Gasteiger partial charge in [-0.3, -0.25) is 14.2 Å². The molecule has 178 valence electrons. The summed E-state index contributed by atoms with van der Waals surface area (Å²) < 4.78 is 17.6. The number of benzene rings is 1. The van der Waals surface area contributed by atoms with E-state index in [2.05, 4.69) is 10.1 Å². The van der Waals surface area contributed by atoms with Crippen LogP contribution in [0, 0.1) is 0 Å². The number of aromatic nitrogens is 2. The van der Waals surface area contributed by atoms with Gasteiger partial charge in [0, 0.05) is 12.5 Å². The predicted octanol–water partition coefficient (Wildman–Crippen LogP) is 3.60. The number of amides is 1. The molecule has 0 unspecified atom stereocenters. The number of hydrazone groups is 1. The van der Waals surface area contributed by atoms with E-state index in [9.17, 15) is 14.7 Å². The summed E-state index contributed by atoms with van der Waals surface area (Å²) in [5.41, 5.74) is 0.622. The summed E-state index contributed by atoms with van der Waals surface area (Å²) in [7, 11) is 1.52. The van der Waals surface area contributed by atoms with E-state index in [-0.39, 0.29) is 16.8 Å². The van der Waals surface area contributed by atoms with E-state index in [0.29, 0.717) is 35.1 Å². The number of nitrogens with zero attached hydrogens (tertiary/aromatic N) is 4. The minimum Gasteiger partial charge on any atom is -0.497 e. The van der Waals surface area contributed by atoms with Gasteiger partial charge in [-0.1, -0.05) is 17.8 Å². The normalized spacial score (nSPS) is 15.3. The lowest BCUT2D eigenvalue weighted by Gasteiger charge is -2.20. The maximum Gasteiger partial charge on any atom is 0.262 e. The lowest BCUT2D eigenvalue weighted by atomic mass is 10.1. The maximum atomic E-state index is 13.3. The molecule has 35 heavy (non-hydrogen) atoms. The number of methoxy groups -OCH3 is 1. The van der Waals surface area contributed by atoms with Gasteiger partial charge < -0.3 is 18.7 Å². The summed E-state index contributed by atoms with van der Waals surface area (Å²) in [6, 6.07) is 14.5. The number of rotatable bonds is 7. The van der Waals surface area contributed by atoms with Gasteiger partial charge in [-0.2, -0.15) is 10.1 Å². The quantitative estimate of drug-likeness (QED) is 0.307. The molecule has 0 aliphatic carbocycles. The van der Waals surface area contributed by atoms with Crippen molar-refractivity contribution >= 4 is 23.4 Å². The number of aromatic hydroxyl groups is 1. The van der Waals surface area contributed by atoms with Crippen LogP contribution in [-0.2, 0) is 4.79 Å². The van der Waals surface area contributed by atoms with Crippen molar-refractivity contribution < 1.29 is 23.5 Å². The average molecular weight is 493 g/mol. The first-order valence-electron chi connectivity index (χ1n) is 10.6. The highest BCUT2D eigenvalue weighted by Crippen LogP contribution is 2.34. The first-order valence-corrected chi connectivity index (χ1v) is 11.6. The molecule has 1 aliphatic heterocycles. The third kappa shape index (κ3) is 4.58. The molecule has 0 radical (unpaired) electrons. The van der Waals surface area contributed by atoms with E-state index in [1.165, 1.54) is 16.7 Å². The van der Waals surface area contributed by atoms with Crippen molar-refractivity contribution in [1.82, 2.24) is 14.6 Å². The van der Waals surface area contributed by atoms with Crippen LogP contribution in [0.5, 0.6) is 11.6 Å². The summed E-state index contributed by atoms with van der Waals surface area (Å²) in [4.78, 5) is 30.1. The molecule has 4 aromatic rings. The first kappa shape index (κ1) is 22.5. The van der Waals surface area contributed by atoms with Crippen LogP contribution in [0.4, 0.5) is 0 Å². The Morgan fingerprint density at radius 1 is 1.17 bits per heavy atom. The van der Waals surface area contributed by atoms with Gasteiger partial charge in [-0.05, 0) is 36.4 Å². The fraction of sp³-hybridized carbons (Fsp3) is 0.167. The van der Waals surface area contributed by atoms with E-state index >= 15 is 0 Å². The second-order valence-corrected chi connectivity index (χ2v) is 8.50. The van der Waals surface area contributed by atoms with E-state index in [0.717, 1.165) is 17.8 Å². The minimum absolute atomic E-state index is 0.0913. The lowest BCUT2D eigenvalue weighted by Crippen LogP contribution is -2.29. The minimum atomic E-state index is -0.492. The van der Waals surface area contributed by atoms with Gasteiger partial charge in [-0.15, -0.1) is 0 Å². The smallest absolute Gasteiger partial charge is 0.262 e. The topological polar surface area (TPSA) is 123 Å². The highest BCUT2D eigenvalue weighted by molar-refractivity contribution is 7.99. The molecule has 3 aromatic heterocycles. The van der Waals surface area contributed by atoms with Gasteiger partial charge in [0.2, 0.25) is 5.88 Å². The number of thioether (sulfide) groups is 1. The molecule has 5 rings (SSSR count). The van der Waals surface area contributed by atoms with Gasteiger partial charge in [0.1, 0.15) is 29.0 Å². The van der Waals surface area contributed by atoms with Gasteiger partial charge in [0.25, 0.3) is 11.5 Å². The molecule has 1 atom stereocenters. The molecule has 1 amide bonds. The molecule has 0 saturated heterocycles. The van der Waals surface area contributed by atoms with E-state index < -0.39 is 17.5 Å². The second kappa shape index (κ2) is 9.55. The largest absolute Gasteiger partial charge is 0.497 e. The molecular formula is C24H20N4O6S. The molecule has 0 bridgehead atoms. The number of furan rings is 2. The standard InChI is InChI=1S/C24H20N4O6S/c1-32-16-6-2-5-15(11-16)27-22(30)13-21(29)25-24(27)35-14-23(31)28-18(20-8-4-10-34-20)12-17(26-28)19-7-3-9-33-19/h2-11,13,18,29H,12,14H2,1H3/t18-/m0/s1. The van der Waals surface area contributed by atoms with Crippen molar-refractivity contribution in [3.63, 3.8) is 0 Å². The zero-order valence-corrected chi connectivity index (χ0v) is 19.3. The highest BCUT2D eigenvalue weighted by atomic mass is 32.2. The summed E-state index contributed by atoms with van der Waals surface area (Å²) in [5.74, 6) is 0.868.